The molecular weight excluding hydrogens is 503 g/mol. The first kappa shape index (κ1) is 28.2. The quantitative estimate of drug-likeness (QED) is 0.309. The largest absolute Gasteiger partial charge is 0.494 e. The van der Waals surface area contributed by atoms with E-state index in [4.69, 9.17) is 19.0 Å². The van der Waals surface area contributed by atoms with Crippen LogP contribution in [0, 0.1) is 5.92 Å². The molecule has 9 heteroatoms. The molecule has 2 aliphatic rings. The van der Waals surface area contributed by atoms with Gasteiger partial charge in [-0.25, -0.2) is 4.98 Å². The molecule has 8 nitrogen and oxygen atoms in total. The summed E-state index contributed by atoms with van der Waals surface area (Å²) in [5.41, 5.74) is 2.23. The van der Waals surface area contributed by atoms with Crippen LogP contribution in [0.4, 0.5) is 0 Å². The van der Waals surface area contributed by atoms with E-state index in [0.717, 1.165) is 46.2 Å². The summed E-state index contributed by atoms with van der Waals surface area (Å²) in [6.07, 6.45) is 3.67. The zero-order valence-corrected chi connectivity index (χ0v) is 24.7. The van der Waals surface area contributed by atoms with Crippen molar-refractivity contribution in [2.75, 3.05) is 13.7 Å². The number of rotatable bonds is 8. The second-order valence-electron chi connectivity index (χ2n) is 12.3. The number of ether oxygens (including phenoxy) is 1. The van der Waals surface area contributed by atoms with Crippen molar-refractivity contribution in [1.82, 2.24) is 20.2 Å². The number of carbonyl (C=O) groups excluding carboxylic acids is 1. The zero-order chi connectivity index (χ0) is 28.8. The smallest absolute Gasteiger partial charge is 0.483 e. The fraction of sp³-hybridized carbons (Fsp3) is 0.484. The number of hydrogen-bond donors (Lipinski definition) is 2. The fourth-order valence-corrected chi connectivity index (χ4v) is 5.45. The summed E-state index contributed by atoms with van der Waals surface area (Å²) in [5, 5.41) is 5.38. The Hall–Kier alpha value is -3.30. The lowest BCUT2D eigenvalue weighted by atomic mass is 9.78. The van der Waals surface area contributed by atoms with E-state index in [1.165, 1.54) is 0 Å². The Morgan fingerprint density at radius 3 is 2.50 bits per heavy atom. The van der Waals surface area contributed by atoms with E-state index in [-0.39, 0.29) is 36.2 Å². The maximum atomic E-state index is 13.5. The number of nitrogens with zero attached hydrogens (tertiary/aromatic N) is 2. The summed E-state index contributed by atoms with van der Waals surface area (Å²) in [6.45, 7) is 16.8. The van der Waals surface area contributed by atoms with Crippen molar-refractivity contribution in [3.8, 4) is 11.3 Å². The number of carbonyl (C=O) groups is 1. The van der Waals surface area contributed by atoms with Crippen LogP contribution < -0.4 is 10.8 Å². The van der Waals surface area contributed by atoms with Crippen LogP contribution >= 0.6 is 0 Å². The Morgan fingerprint density at radius 2 is 1.82 bits per heavy atom. The molecule has 1 aromatic heterocycles. The average Bonchev–Trinajstić information content (AvgIpc) is 3.63. The van der Waals surface area contributed by atoms with Crippen molar-refractivity contribution in [2.45, 2.75) is 77.7 Å². The first-order chi connectivity index (χ1) is 18.9. The van der Waals surface area contributed by atoms with Crippen molar-refractivity contribution in [2.24, 2.45) is 5.92 Å². The predicted molar refractivity (Wildman–Crippen MR) is 159 cm³/mol. The van der Waals surface area contributed by atoms with Gasteiger partial charge in [0, 0.05) is 12.1 Å². The van der Waals surface area contributed by atoms with Crippen LogP contribution in [-0.2, 0) is 18.8 Å². The van der Waals surface area contributed by atoms with Crippen LogP contribution in [0.25, 0.3) is 22.0 Å². The molecule has 0 radical (unpaired) electrons. The number of hydrogen-bond acceptors (Lipinski definition) is 6. The molecule has 0 spiro atoms. The fourth-order valence-electron chi connectivity index (χ4n) is 5.45. The number of imidazole rings is 1. The van der Waals surface area contributed by atoms with Crippen LogP contribution in [0.5, 0.6) is 0 Å². The van der Waals surface area contributed by atoms with Gasteiger partial charge in [-0.2, -0.15) is 0 Å². The van der Waals surface area contributed by atoms with Gasteiger partial charge in [0.2, 0.25) is 5.91 Å². The highest BCUT2D eigenvalue weighted by Crippen LogP contribution is 2.37. The number of aromatic amines is 1. The van der Waals surface area contributed by atoms with Crippen LogP contribution in [0.15, 0.2) is 55.1 Å². The number of nitrogens with one attached hydrogen (secondary N) is 2. The third-order valence-electron chi connectivity index (χ3n) is 8.64. The summed E-state index contributed by atoms with van der Waals surface area (Å²) in [4.78, 5) is 23.7. The van der Waals surface area contributed by atoms with Crippen molar-refractivity contribution in [3.05, 3.63) is 60.9 Å². The van der Waals surface area contributed by atoms with Crippen molar-refractivity contribution in [3.63, 3.8) is 0 Å². The Kier molecular flexibility index (Phi) is 7.48. The van der Waals surface area contributed by atoms with Crippen molar-refractivity contribution < 1.29 is 18.8 Å². The number of aromatic nitrogens is 2. The molecule has 3 aromatic rings. The summed E-state index contributed by atoms with van der Waals surface area (Å²) in [7, 11) is 1.16. The number of amides is 1. The van der Waals surface area contributed by atoms with E-state index < -0.39 is 6.04 Å². The molecule has 40 heavy (non-hydrogen) atoms. The standard InChI is InChI=1S/C31H41BN4O4/c1-19(2)27(34-20(3)38-8)29(37)36-15-9-10-26(36)28-33-18-25(35-28)23-12-11-22-17-24(14-13-21(22)16-23)32-39-30(4,5)31(6,7)40-32/h11-14,16-19,26-27,34H,3,9-10,15H2,1-2,4-8H3,(H,33,35)/t26-,27-/m0/s1. The maximum Gasteiger partial charge on any atom is 0.494 e. The first-order valence-electron chi connectivity index (χ1n) is 14.1. The van der Waals surface area contributed by atoms with Gasteiger partial charge >= 0.3 is 7.12 Å². The van der Waals surface area contributed by atoms with Gasteiger partial charge in [-0.15, -0.1) is 0 Å². The number of fused-ring (bicyclic) bond motifs is 1. The van der Waals surface area contributed by atoms with E-state index in [1.54, 1.807) is 7.11 Å². The number of methoxy groups -OCH3 is 1. The monoisotopic (exact) mass is 544 g/mol. The molecule has 3 heterocycles. The molecular formula is C31H41BN4O4. The van der Waals surface area contributed by atoms with Crippen LogP contribution in [0.3, 0.4) is 0 Å². The number of H-pyrrole nitrogens is 1. The molecule has 2 atom stereocenters. The molecule has 2 aromatic carbocycles. The summed E-state index contributed by atoms with van der Waals surface area (Å²) in [5.74, 6) is 1.32. The number of likely N-dealkylation sites (tertiary alicyclic amines) is 1. The third kappa shape index (κ3) is 5.24. The van der Waals surface area contributed by atoms with Crippen LogP contribution in [0.1, 0.15) is 66.3 Å². The van der Waals surface area contributed by atoms with E-state index in [1.807, 2.05) is 24.9 Å². The molecule has 2 N–H and O–H groups in total. The Bertz CT molecular complexity index is 1400. The minimum absolute atomic E-state index is 0.0390. The minimum atomic E-state index is -0.412. The van der Waals surface area contributed by atoms with Crippen LogP contribution in [0.2, 0.25) is 0 Å². The average molecular weight is 545 g/mol. The van der Waals surface area contributed by atoms with Gasteiger partial charge in [-0.05, 0) is 75.3 Å². The number of benzene rings is 2. The Balaban J connectivity index is 1.34. The Labute approximate surface area is 237 Å². The first-order valence-corrected chi connectivity index (χ1v) is 14.1. The summed E-state index contributed by atoms with van der Waals surface area (Å²) in [6, 6.07) is 12.2. The van der Waals surface area contributed by atoms with Gasteiger partial charge in [0.1, 0.15) is 11.9 Å². The minimum Gasteiger partial charge on any atom is -0.483 e. The lowest BCUT2D eigenvalue weighted by Gasteiger charge is -2.32. The molecule has 2 aliphatic heterocycles. The van der Waals surface area contributed by atoms with E-state index in [0.29, 0.717) is 12.4 Å². The van der Waals surface area contributed by atoms with Gasteiger partial charge in [0.05, 0.1) is 36.2 Å². The normalized spacial score (nSPS) is 20.8. The topological polar surface area (TPSA) is 88.7 Å². The van der Waals surface area contributed by atoms with Gasteiger partial charge in [-0.1, -0.05) is 44.2 Å². The Morgan fingerprint density at radius 1 is 1.15 bits per heavy atom. The van der Waals surface area contributed by atoms with Crippen molar-refractivity contribution in [1.29, 1.82) is 0 Å². The summed E-state index contributed by atoms with van der Waals surface area (Å²) >= 11 is 0. The molecule has 1 amide bonds. The predicted octanol–water partition coefficient (Wildman–Crippen LogP) is 4.92. The second kappa shape index (κ2) is 10.6. The second-order valence-corrected chi connectivity index (χ2v) is 12.3. The molecule has 2 fully saturated rings. The molecule has 5 rings (SSSR count). The highest BCUT2D eigenvalue weighted by atomic mass is 16.7. The molecule has 0 bridgehead atoms. The maximum absolute atomic E-state index is 13.5. The third-order valence-corrected chi connectivity index (χ3v) is 8.64. The molecule has 0 aliphatic carbocycles. The lowest BCUT2D eigenvalue weighted by molar-refractivity contribution is -0.135. The summed E-state index contributed by atoms with van der Waals surface area (Å²) < 4.78 is 17.7. The highest BCUT2D eigenvalue weighted by molar-refractivity contribution is 6.62. The van der Waals surface area contributed by atoms with Crippen molar-refractivity contribution >= 4 is 29.3 Å². The SMILES string of the molecule is C=C(N[C@H](C(=O)N1CCC[C@H]1c1ncc(-c2ccc3cc(B4OC(C)(C)C(C)(C)O4)ccc3c2)[nH]1)C(C)C)OC. The van der Waals surface area contributed by atoms with E-state index >= 15 is 0 Å². The van der Waals surface area contributed by atoms with Crippen LogP contribution in [-0.4, -0.2) is 58.8 Å². The zero-order valence-electron chi connectivity index (χ0n) is 24.7. The highest BCUT2D eigenvalue weighted by Gasteiger charge is 2.51. The molecule has 0 saturated carbocycles. The van der Waals surface area contributed by atoms with E-state index in [9.17, 15) is 4.79 Å². The van der Waals surface area contributed by atoms with Gasteiger partial charge in [0.15, 0.2) is 5.88 Å². The van der Waals surface area contributed by atoms with Gasteiger partial charge < -0.3 is 29.2 Å². The van der Waals surface area contributed by atoms with Gasteiger partial charge in [0.25, 0.3) is 0 Å². The molecule has 2 saturated heterocycles. The lowest BCUT2D eigenvalue weighted by Crippen LogP contribution is -2.48. The van der Waals surface area contributed by atoms with Gasteiger partial charge in [-0.3, -0.25) is 4.79 Å². The van der Waals surface area contributed by atoms with E-state index in [2.05, 4.69) is 81.0 Å². The molecule has 0 unspecified atom stereocenters. The molecule has 212 valence electrons.